The number of unbranched alkanes of at least 4 members (excludes halogenated alkanes) is 1. The highest BCUT2D eigenvalue weighted by molar-refractivity contribution is 7.94. The Morgan fingerprint density at radius 3 is 2.67 bits per heavy atom. The van der Waals surface area contributed by atoms with Gasteiger partial charge in [0.05, 0.1) is 11.3 Å². The van der Waals surface area contributed by atoms with Crippen molar-refractivity contribution in [3.05, 3.63) is 41.3 Å². The van der Waals surface area contributed by atoms with Gasteiger partial charge in [0.15, 0.2) is 0 Å². The van der Waals surface area contributed by atoms with Crippen molar-refractivity contribution in [1.29, 1.82) is 0 Å². The van der Waals surface area contributed by atoms with Gasteiger partial charge in [0.25, 0.3) is 10.0 Å². The van der Waals surface area contributed by atoms with Gasteiger partial charge in [-0.3, -0.25) is 4.72 Å². The number of carboxylic acids is 1. The average molecular weight is 368 g/mol. The number of carboxylic acid groups (broad SMARTS) is 1. The van der Waals surface area contributed by atoms with Gasteiger partial charge in [0.1, 0.15) is 4.21 Å². The van der Waals surface area contributed by atoms with Crippen LogP contribution in [-0.4, -0.2) is 33.1 Å². The topological polar surface area (TPSA) is 86.7 Å². The molecule has 1 heterocycles. The zero-order valence-corrected chi connectivity index (χ0v) is 15.2. The third kappa shape index (κ3) is 4.27. The van der Waals surface area contributed by atoms with Crippen LogP contribution in [-0.2, 0) is 10.0 Å². The van der Waals surface area contributed by atoms with Gasteiger partial charge in [-0.05, 0) is 36.1 Å². The normalized spacial score (nSPS) is 11.2. The van der Waals surface area contributed by atoms with E-state index in [-0.39, 0.29) is 15.5 Å². The predicted octanol–water partition coefficient (Wildman–Crippen LogP) is 3.48. The Bertz CT molecular complexity index is 801. The van der Waals surface area contributed by atoms with Crippen molar-refractivity contribution in [2.24, 2.45) is 0 Å². The van der Waals surface area contributed by atoms with E-state index in [4.69, 9.17) is 0 Å². The largest absolute Gasteiger partial charge is 0.478 e. The number of thiophene rings is 1. The molecule has 1 aromatic heterocycles. The summed E-state index contributed by atoms with van der Waals surface area (Å²) in [5.41, 5.74) is 0.864. The van der Waals surface area contributed by atoms with Crippen LogP contribution in [0, 0.1) is 0 Å². The second-order valence-electron chi connectivity index (χ2n) is 5.35. The molecular formula is C16H20N2O4S2. The Balaban J connectivity index is 2.30. The summed E-state index contributed by atoms with van der Waals surface area (Å²) in [4.78, 5) is 13.4. The molecule has 0 fully saturated rings. The lowest BCUT2D eigenvalue weighted by Crippen LogP contribution is -2.21. The minimum atomic E-state index is -3.70. The molecule has 8 heteroatoms. The maximum Gasteiger partial charge on any atom is 0.337 e. The maximum absolute atomic E-state index is 12.2. The molecule has 0 aliphatic heterocycles. The first-order valence-electron chi connectivity index (χ1n) is 7.50. The zero-order chi connectivity index (χ0) is 17.7. The van der Waals surface area contributed by atoms with Gasteiger partial charge in [-0.2, -0.15) is 0 Å². The van der Waals surface area contributed by atoms with Crippen LogP contribution in [0.5, 0.6) is 0 Å². The van der Waals surface area contributed by atoms with Crippen molar-refractivity contribution in [3.8, 4) is 0 Å². The fraction of sp³-hybridized carbons (Fsp3) is 0.312. The molecule has 0 unspecified atom stereocenters. The van der Waals surface area contributed by atoms with Crippen molar-refractivity contribution in [3.63, 3.8) is 0 Å². The van der Waals surface area contributed by atoms with Gasteiger partial charge in [-0.25, -0.2) is 13.2 Å². The quantitative estimate of drug-likeness (QED) is 0.745. The lowest BCUT2D eigenvalue weighted by molar-refractivity contribution is 0.0697. The molecule has 0 radical (unpaired) electrons. The Morgan fingerprint density at radius 2 is 2.08 bits per heavy atom. The lowest BCUT2D eigenvalue weighted by atomic mass is 10.1. The molecule has 0 aliphatic carbocycles. The standard InChI is InChI=1S/C16H20N2O4S2/c1-3-4-9-18(2)14-8-7-12(11-13(14)16(19)20)17-24(21,22)15-6-5-10-23-15/h5-8,10-11,17H,3-4,9H2,1-2H3,(H,19,20). The van der Waals surface area contributed by atoms with E-state index in [1.807, 2.05) is 11.9 Å². The number of aromatic carboxylic acids is 1. The lowest BCUT2D eigenvalue weighted by Gasteiger charge is -2.21. The summed E-state index contributed by atoms with van der Waals surface area (Å²) in [5.74, 6) is -1.09. The number of nitrogens with zero attached hydrogens (tertiary/aromatic N) is 1. The molecule has 130 valence electrons. The summed E-state index contributed by atoms with van der Waals surface area (Å²) in [7, 11) is -1.87. The van der Waals surface area contributed by atoms with Crippen LogP contribution in [0.25, 0.3) is 0 Å². The number of rotatable bonds is 8. The Kier molecular flexibility index (Phi) is 5.84. The number of anilines is 2. The molecule has 0 saturated carbocycles. The minimum absolute atomic E-state index is 0.0694. The first kappa shape index (κ1) is 18.3. The third-order valence-corrected chi connectivity index (χ3v) is 6.28. The zero-order valence-electron chi connectivity index (χ0n) is 13.5. The number of benzene rings is 1. The van der Waals surface area contributed by atoms with Gasteiger partial charge in [0.2, 0.25) is 0 Å². The van der Waals surface area contributed by atoms with Crippen molar-refractivity contribution < 1.29 is 18.3 Å². The molecule has 2 N–H and O–H groups in total. The highest BCUT2D eigenvalue weighted by Crippen LogP contribution is 2.26. The number of nitrogens with one attached hydrogen (secondary N) is 1. The predicted molar refractivity (Wildman–Crippen MR) is 96.7 cm³/mol. The summed E-state index contributed by atoms with van der Waals surface area (Å²) in [6.45, 7) is 2.80. The van der Waals surface area contributed by atoms with Gasteiger partial charge in [-0.1, -0.05) is 19.4 Å². The average Bonchev–Trinajstić information content (AvgIpc) is 3.07. The van der Waals surface area contributed by atoms with E-state index >= 15 is 0 Å². The summed E-state index contributed by atoms with van der Waals surface area (Å²) in [5, 5.41) is 11.1. The van der Waals surface area contributed by atoms with Crippen LogP contribution in [0.3, 0.4) is 0 Å². The molecule has 2 aromatic rings. The monoisotopic (exact) mass is 368 g/mol. The first-order valence-corrected chi connectivity index (χ1v) is 9.86. The van der Waals surface area contributed by atoms with E-state index in [0.717, 1.165) is 30.7 Å². The SMILES string of the molecule is CCCCN(C)c1ccc(NS(=O)(=O)c2cccs2)cc1C(=O)O. The van der Waals surface area contributed by atoms with E-state index < -0.39 is 16.0 Å². The second-order valence-corrected chi connectivity index (χ2v) is 8.21. The van der Waals surface area contributed by atoms with Crippen LogP contribution in [0.15, 0.2) is 39.9 Å². The molecule has 0 atom stereocenters. The Labute approximate surface area is 145 Å². The number of hydrogen-bond acceptors (Lipinski definition) is 5. The summed E-state index contributed by atoms with van der Waals surface area (Å²) in [6, 6.07) is 7.71. The van der Waals surface area contributed by atoms with Crippen LogP contribution in [0.2, 0.25) is 0 Å². The molecule has 1 aromatic carbocycles. The molecule has 6 nitrogen and oxygen atoms in total. The van der Waals surface area contributed by atoms with Gasteiger partial charge in [-0.15, -0.1) is 11.3 Å². The molecule has 2 rings (SSSR count). The van der Waals surface area contributed by atoms with E-state index in [1.165, 1.54) is 12.1 Å². The molecule has 24 heavy (non-hydrogen) atoms. The van der Waals surface area contributed by atoms with E-state index in [1.54, 1.807) is 23.6 Å². The first-order chi connectivity index (χ1) is 11.3. The summed E-state index contributed by atoms with van der Waals surface area (Å²) in [6.07, 6.45) is 1.95. The van der Waals surface area contributed by atoms with Crippen LogP contribution < -0.4 is 9.62 Å². The maximum atomic E-state index is 12.2. The van der Waals surface area contributed by atoms with Crippen molar-refractivity contribution in [2.75, 3.05) is 23.2 Å². The highest BCUT2D eigenvalue weighted by Gasteiger charge is 2.18. The van der Waals surface area contributed by atoms with E-state index in [9.17, 15) is 18.3 Å². The highest BCUT2D eigenvalue weighted by atomic mass is 32.2. The Morgan fingerprint density at radius 1 is 1.33 bits per heavy atom. The molecule has 0 bridgehead atoms. The molecule has 0 spiro atoms. The molecular weight excluding hydrogens is 348 g/mol. The Hall–Kier alpha value is -2.06. The van der Waals surface area contributed by atoms with Crippen molar-refractivity contribution >= 4 is 38.7 Å². The molecule has 0 amide bonds. The molecule has 0 saturated heterocycles. The number of carbonyl (C=O) groups is 1. The van der Waals surface area contributed by atoms with E-state index in [2.05, 4.69) is 11.6 Å². The van der Waals surface area contributed by atoms with Crippen molar-refractivity contribution in [2.45, 2.75) is 24.0 Å². The van der Waals surface area contributed by atoms with Crippen molar-refractivity contribution in [1.82, 2.24) is 0 Å². The van der Waals surface area contributed by atoms with Gasteiger partial charge >= 0.3 is 5.97 Å². The fourth-order valence-electron chi connectivity index (χ4n) is 2.24. The number of hydrogen-bond donors (Lipinski definition) is 2. The fourth-order valence-corrected chi connectivity index (χ4v) is 4.28. The van der Waals surface area contributed by atoms with Crippen LogP contribution in [0.1, 0.15) is 30.1 Å². The van der Waals surface area contributed by atoms with E-state index in [0.29, 0.717) is 5.69 Å². The smallest absolute Gasteiger partial charge is 0.337 e. The summed E-state index contributed by atoms with van der Waals surface area (Å²) < 4.78 is 27.1. The summed E-state index contributed by atoms with van der Waals surface area (Å²) >= 11 is 1.10. The van der Waals surface area contributed by atoms with Gasteiger partial charge < -0.3 is 10.0 Å². The van der Waals surface area contributed by atoms with Crippen LogP contribution >= 0.6 is 11.3 Å². The third-order valence-electron chi connectivity index (χ3n) is 3.50. The van der Waals surface area contributed by atoms with Crippen LogP contribution in [0.4, 0.5) is 11.4 Å². The van der Waals surface area contributed by atoms with Gasteiger partial charge in [0, 0.05) is 19.3 Å². The molecule has 0 aliphatic rings. The minimum Gasteiger partial charge on any atom is -0.478 e. The second kappa shape index (κ2) is 7.67. The number of sulfonamides is 1.